The minimum Gasteiger partial charge on any atom is -0.194 e. The predicted molar refractivity (Wildman–Crippen MR) is 88.1 cm³/mol. The summed E-state index contributed by atoms with van der Waals surface area (Å²) in [6.07, 6.45) is 0. The zero-order chi connectivity index (χ0) is 14.2. The lowest BCUT2D eigenvalue weighted by Gasteiger charge is -2.07. The molecule has 100 valence electrons. The van der Waals surface area contributed by atoms with E-state index in [4.69, 9.17) is 0 Å². The number of benzene rings is 3. The smallest absolute Gasteiger partial charge is 0.194 e. The van der Waals surface area contributed by atoms with Crippen molar-refractivity contribution in [2.24, 2.45) is 7.05 Å². The molecule has 3 aromatic carbocycles. The molecule has 0 fully saturated rings. The summed E-state index contributed by atoms with van der Waals surface area (Å²) in [6.45, 7) is 0. The van der Waals surface area contributed by atoms with Crippen molar-refractivity contribution in [2.75, 3.05) is 0 Å². The largest absolute Gasteiger partial charge is 0.213 e. The standard InChI is InChI=1S/C20H16N/c1-21-19-12-5-3-8-16(19)13-14-20(21)18-11-6-9-15-7-2-4-10-17(15)18/h2-14H,1H3/q+1. The fourth-order valence-corrected chi connectivity index (χ4v) is 3.06. The Morgan fingerprint density at radius 2 is 1.33 bits per heavy atom. The van der Waals surface area contributed by atoms with Crippen LogP contribution in [0.15, 0.2) is 78.9 Å². The van der Waals surface area contributed by atoms with Crippen molar-refractivity contribution in [1.29, 1.82) is 0 Å². The second-order valence-corrected chi connectivity index (χ2v) is 5.36. The first-order valence-corrected chi connectivity index (χ1v) is 7.20. The van der Waals surface area contributed by atoms with Crippen molar-refractivity contribution in [3.63, 3.8) is 0 Å². The van der Waals surface area contributed by atoms with E-state index in [1.54, 1.807) is 0 Å². The van der Waals surface area contributed by atoms with E-state index in [9.17, 15) is 0 Å². The van der Waals surface area contributed by atoms with Crippen molar-refractivity contribution in [3.05, 3.63) is 78.9 Å². The van der Waals surface area contributed by atoms with Gasteiger partial charge in [0, 0.05) is 17.5 Å². The van der Waals surface area contributed by atoms with Gasteiger partial charge in [0.1, 0.15) is 7.05 Å². The van der Waals surface area contributed by atoms with Crippen LogP contribution >= 0.6 is 0 Å². The van der Waals surface area contributed by atoms with E-state index >= 15 is 0 Å². The van der Waals surface area contributed by atoms with E-state index in [1.165, 1.54) is 32.9 Å². The van der Waals surface area contributed by atoms with Gasteiger partial charge >= 0.3 is 0 Å². The first kappa shape index (κ1) is 12.1. The van der Waals surface area contributed by atoms with Gasteiger partial charge in [-0.1, -0.05) is 48.5 Å². The summed E-state index contributed by atoms with van der Waals surface area (Å²) in [5, 5.41) is 3.85. The van der Waals surface area contributed by atoms with Crippen LogP contribution < -0.4 is 4.57 Å². The zero-order valence-corrected chi connectivity index (χ0v) is 12.0. The molecule has 0 aliphatic rings. The summed E-state index contributed by atoms with van der Waals surface area (Å²) < 4.78 is 2.27. The fraction of sp³-hybridized carbons (Fsp3) is 0.0500. The molecule has 0 spiro atoms. The Morgan fingerprint density at radius 1 is 0.619 bits per heavy atom. The summed E-state index contributed by atoms with van der Waals surface area (Å²) in [5.74, 6) is 0. The van der Waals surface area contributed by atoms with Crippen molar-refractivity contribution in [1.82, 2.24) is 0 Å². The Morgan fingerprint density at radius 3 is 2.24 bits per heavy atom. The van der Waals surface area contributed by atoms with Gasteiger partial charge < -0.3 is 0 Å². The predicted octanol–water partition coefficient (Wildman–Crippen LogP) is 4.48. The van der Waals surface area contributed by atoms with E-state index in [0.717, 1.165) is 0 Å². The van der Waals surface area contributed by atoms with Gasteiger partial charge in [-0.25, -0.2) is 0 Å². The Hall–Kier alpha value is -2.67. The van der Waals surface area contributed by atoms with Crippen LogP contribution in [0.3, 0.4) is 0 Å². The lowest BCUT2D eigenvalue weighted by atomic mass is 10.0. The van der Waals surface area contributed by atoms with Crippen LogP contribution in [0.1, 0.15) is 0 Å². The molecule has 0 atom stereocenters. The number of hydrogen-bond acceptors (Lipinski definition) is 0. The Balaban J connectivity index is 2.07. The van der Waals surface area contributed by atoms with E-state index in [2.05, 4.69) is 90.5 Å². The monoisotopic (exact) mass is 270 g/mol. The van der Waals surface area contributed by atoms with Crippen LogP contribution in [0.4, 0.5) is 0 Å². The van der Waals surface area contributed by atoms with E-state index in [1.807, 2.05) is 0 Å². The number of nitrogens with zero attached hydrogens (tertiary/aromatic N) is 1. The normalized spacial score (nSPS) is 11.1. The van der Waals surface area contributed by atoms with Crippen molar-refractivity contribution in [3.8, 4) is 11.3 Å². The Labute approximate surface area is 124 Å². The average molecular weight is 270 g/mol. The first-order valence-electron chi connectivity index (χ1n) is 7.20. The molecule has 0 aliphatic carbocycles. The molecule has 0 saturated heterocycles. The van der Waals surface area contributed by atoms with Crippen LogP contribution in [0.2, 0.25) is 0 Å². The quantitative estimate of drug-likeness (QED) is 0.449. The molecule has 4 aromatic rings. The molecule has 1 heteroatoms. The first-order chi connectivity index (χ1) is 10.3. The molecule has 21 heavy (non-hydrogen) atoms. The maximum Gasteiger partial charge on any atom is 0.213 e. The van der Waals surface area contributed by atoms with E-state index < -0.39 is 0 Å². The maximum atomic E-state index is 2.27. The molecule has 1 nitrogen and oxygen atoms in total. The number of hydrogen-bond donors (Lipinski definition) is 0. The van der Waals surface area contributed by atoms with Gasteiger partial charge in [-0.2, -0.15) is 4.57 Å². The zero-order valence-electron chi connectivity index (χ0n) is 12.0. The molecule has 0 amide bonds. The number of pyridine rings is 1. The summed E-state index contributed by atoms with van der Waals surface area (Å²) in [4.78, 5) is 0. The molecule has 0 radical (unpaired) electrons. The lowest BCUT2D eigenvalue weighted by molar-refractivity contribution is -0.633. The molecule has 0 N–H and O–H groups in total. The van der Waals surface area contributed by atoms with Crippen LogP contribution in [-0.4, -0.2) is 0 Å². The molecule has 4 rings (SSSR count). The molecule has 0 saturated carbocycles. The molecular weight excluding hydrogens is 254 g/mol. The summed E-state index contributed by atoms with van der Waals surface area (Å²) in [5.41, 5.74) is 3.77. The topological polar surface area (TPSA) is 3.88 Å². The minimum absolute atomic E-state index is 1.24. The van der Waals surface area contributed by atoms with Gasteiger partial charge in [-0.3, -0.25) is 0 Å². The third-order valence-electron chi connectivity index (χ3n) is 4.15. The second-order valence-electron chi connectivity index (χ2n) is 5.36. The van der Waals surface area contributed by atoms with Gasteiger partial charge in [0.15, 0.2) is 0 Å². The highest BCUT2D eigenvalue weighted by Crippen LogP contribution is 2.27. The van der Waals surface area contributed by atoms with Crippen molar-refractivity contribution in [2.45, 2.75) is 0 Å². The molecule has 0 bridgehead atoms. The molecule has 1 heterocycles. The van der Waals surface area contributed by atoms with Gasteiger partial charge in [-0.05, 0) is 29.0 Å². The highest BCUT2D eigenvalue weighted by atomic mass is 14.9. The van der Waals surface area contributed by atoms with Gasteiger partial charge in [0.25, 0.3) is 0 Å². The third-order valence-corrected chi connectivity index (χ3v) is 4.15. The summed E-state index contributed by atoms with van der Waals surface area (Å²) in [6, 6.07) is 28.0. The molecule has 1 aromatic heterocycles. The second kappa shape index (κ2) is 4.71. The van der Waals surface area contributed by atoms with Crippen LogP contribution in [-0.2, 0) is 7.05 Å². The summed E-state index contributed by atoms with van der Waals surface area (Å²) >= 11 is 0. The number of para-hydroxylation sites is 1. The minimum atomic E-state index is 1.24. The maximum absolute atomic E-state index is 2.27. The van der Waals surface area contributed by atoms with Crippen molar-refractivity contribution >= 4 is 21.7 Å². The fourth-order valence-electron chi connectivity index (χ4n) is 3.06. The summed E-state index contributed by atoms with van der Waals surface area (Å²) in [7, 11) is 2.14. The van der Waals surface area contributed by atoms with Crippen LogP contribution in [0.5, 0.6) is 0 Å². The van der Waals surface area contributed by atoms with Gasteiger partial charge in [0.2, 0.25) is 11.2 Å². The number of aromatic nitrogens is 1. The molecule has 0 unspecified atom stereocenters. The van der Waals surface area contributed by atoms with Crippen molar-refractivity contribution < 1.29 is 4.57 Å². The highest BCUT2D eigenvalue weighted by Gasteiger charge is 2.15. The highest BCUT2D eigenvalue weighted by molar-refractivity contribution is 5.95. The van der Waals surface area contributed by atoms with E-state index in [-0.39, 0.29) is 0 Å². The lowest BCUT2D eigenvalue weighted by Crippen LogP contribution is -2.31. The molecule has 0 aliphatic heterocycles. The van der Waals surface area contributed by atoms with E-state index in [0.29, 0.717) is 0 Å². The third kappa shape index (κ3) is 1.90. The Bertz CT molecular complexity index is 949. The Kier molecular flexibility index (Phi) is 2.71. The van der Waals surface area contributed by atoms with Crippen LogP contribution in [0.25, 0.3) is 32.9 Å². The van der Waals surface area contributed by atoms with Gasteiger partial charge in [0.05, 0.1) is 5.56 Å². The average Bonchev–Trinajstić information content (AvgIpc) is 2.55. The van der Waals surface area contributed by atoms with Gasteiger partial charge in [-0.15, -0.1) is 0 Å². The number of aryl methyl sites for hydroxylation is 1. The number of fused-ring (bicyclic) bond motifs is 2. The van der Waals surface area contributed by atoms with Crippen LogP contribution in [0, 0.1) is 0 Å². The molecular formula is C20H16N+. The SMILES string of the molecule is C[n+]1c(-c2cccc3ccccc23)ccc2ccccc21. The number of rotatable bonds is 1.